The van der Waals surface area contributed by atoms with Crippen molar-refractivity contribution in [2.75, 3.05) is 6.16 Å². The van der Waals surface area contributed by atoms with Gasteiger partial charge in [0, 0.05) is 12.0 Å². The third-order valence-electron chi connectivity index (χ3n) is 3.47. The van der Waals surface area contributed by atoms with Crippen LogP contribution in [-0.2, 0) is 0 Å². The third kappa shape index (κ3) is 3.39. The van der Waals surface area contributed by atoms with Crippen LogP contribution in [0.2, 0.25) is 0 Å². The fraction of sp³-hybridized carbons (Fsp3) is 0.533. The molecule has 0 atom stereocenters. The average molecular weight is 249 g/mol. The van der Waals surface area contributed by atoms with Gasteiger partial charge < -0.3 is 9.24 Å². The van der Waals surface area contributed by atoms with Gasteiger partial charge in [-0.25, -0.2) is 0 Å². The second-order valence-electron chi connectivity index (χ2n) is 4.77. The van der Waals surface area contributed by atoms with E-state index in [0.29, 0.717) is 12.2 Å². The number of benzene rings is 1. The number of unbranched alkanes of at least 4 members (excludes halogenated alkanes) is 1. The fourth-order valence-electron chi connectivity index (χ4n) is 2.25. The maximum Gasteiger partial charge on any atom is 0.163 e. The molecule has 0 aliphatic carbocycles. The molecule has 1 aromatic rings. The zero-order valence-corrected chi connectivity index (χ0v) is 12.3. The maximum atomic E-state index is 12.2. The first-order valence-corrected chi connectivity index (χ1v) is 6.95. The lowest BCUT2D eigenvalue weighted by atomic mass is 9.90. The summed E-state index contributed by atoms with van der Waals surface area (Å²) in [5, 5.41) is 0. The predicted molar refractivity (Wildman–Crippen MR) is 76.8 cm³/mol. The molecule has 2 heteroatoms. The van der Waals surface area contributed by atoms with Crippen molar-refractivity contribution in [2.24, 2.45) is 0 Å². The van der Waals surface area contributed by atoms with Gasteiger partial charge in [-0.05, 0) is 56.4 Å². The van der Waals surface area contributed by atoms with Crippen LogP contribution in [0, 0.1) is 27.7 Å². The molecule has 1 rings (SSSR count). The van der Waals surface area contributed by atoms with Crippen molar-refractivity contribution in [3.8, 4) is 0 Å². The van der Waals surface area contributed by atoms with Crippen molar-refractivity contribution in [1.82, 2.24) is 0 Å². The molecule has 0 spiro atoms. The van der Waals surface area contributed by atoms with Gasteiger partial charge in [0.15, 0.2) is 5.78 Å². The second kappa shape index (κ2) is 6.31. The number of ketones is 1. The van der Waals surface area contributed by atoms with Gasteiger partial charge in [0.25, 0.3) is 0 Å². The van der Waals surface area contributed by atoms with E-state index < -0.39 is 0 Å². The third-order valence-corrected chi connectivity index (χ3v) is 3.82. The molecule has 0 bridgehead atoms. The Morgan fingerprint density at radius 1 is 1.06 bits per heavy atom. The van der Waals surface area contributed by atoms with E-state index in [-0.39, 0.29) is 0 Å². The highest BCUT2D eigenvalue weighted by atomic mass is 31.0. The Morgan fingerprint density at radius 3 is 2.29 bits per heavy atom. The summed E-state index contributed by atoms with van der Waals surface area (Å²) in [5.41, 5.74) is 5.75. The highest BCUT2D eigenvalue weighted by molar-refractivity contribution is 7.16. The minimum atomic E-state index is 0.295. The monoisotopic (exact) mass is 249 g/mol. The molecule has 0 aliphatic heterocycles. The number of hydrogen-bond acceptors (Lipinski definition) is 1. The Kier molecular flexibility index (Phi) is 5.33. The summed E-state index contributed by atoms with van der Waals surface area (Å²) in [6, 6.07) is 2.12. The topological polar surface area (TPSA) is 17.1 Å². The molecule has 0 saturated carbocycles. The first kappa shape index (κ1) is 14.4. The Balaban J connectivity index is 2.97. The van der Waals surface area contributed by atoms with E-state index in [1.54, 1.807) is 0 Å². The SMILES string of the molecule is Cc1cc(C)c(C(=O)CCCC[PH-])c(C)c1C. The Bertz CT molecular complexity index is 421. The number of Topliss-reactive ketones (excluding diaryl/α,β-unsaturated/α-hetero) is 1. The molecule has 17 heavy (non-hydrogen) atoms. The molecule has 94 valence electrons. The number of carbonyl (C=O) groups excluding carboxylic acids is 1. The molecule has 1 aromatic carbocycles. The highest BCUT2D eigenvalue weighted by Crippen LogP contribution is 2.23. The molecule has 0 N–H and O–H groups in total. The molecule has 0 aliphatic rings. The van der Waals surface area contributed by atoms with Crippen LogP contribution < -0.4 is 0 Å². The number of carbonyl (C=O) groups is 1. The van der Waals surface area contributed by atoms with Crippen LogP contribution in [0.4, 0.5) is 0 Å². The van der Waals surface area contributed by atoms with Gasteiger partial charge in [-0.1, -0.05) is 12.5 Å². The van der Waals surface area contributed by atoms with Crippen molar-refractivity contribution in [3.05, 3.63) is 33.9 Å². The molecule has 0 amide bonds. The van der Waals surface area contributed by atoms with E-state index in [1.807, 2.05) is 6.92 Å². The summed E-state index contributed by atoms with van der Waals surface area (Å²) < 4.78 is 0. The van der Waals surface area contributed by atoms with E-state index in [4.69, 9.17) is 0 Å². The van der Waals surface area contributed by atoms with Crippen LogP contribution in [0.1, 0.15) is 51.9 Å². The van der Waals surface area contributed by atoms with E-state index in [9.17, 15) is 4.79 Å². The molecule has 0 fully saturated rings. The maximum absolute atomic E-state index is 12.2. The van der Waals surface area contributed by atoms with Gasteiger partial charge in [0.05, 0.1) is 0 Å². The average Bonchev–Trinajstić information content (AvgIpc) is 2.26. The van der Waals surface area contributed by atoms with Crippen molar-refractivity contribution in [1.29, 1.82) is 0 Å². The largest absolute Gasteiger partial charge is 0.558 e. The van der Waals surface area contributed by atoms with Crippen LogP contribution in [-0.4, -0.2) is 11.9 Å². The van der Waals surface area contributed by atoms with Crippen LogP contribution in [0.15, 0.2) is 6.07 Å². The summed E-state index contributed by atoms with van der Waals surface area (Å²) in [5.74, 6) is 0.295. The standard InChI is InChI=1S/C15H22OP/c1-10-9-11(2)15(13(4)12(10)3)14(16)7-5-6-8-17/h9,17H,5-8H2,1-4H3/q-1. The van der Waals surface area contributed by atoms with Gasteiger partial charge in [-0.3, -0.25) is 4.79 Å². The molecule has 0 aromatic heterocycles. The number of rotatable bonds is 5. The number of aryl methyl sites for hydroxylation is 2. The fourth-order valence-corrected chi connectivity index (χ4v) is 2.50. The van der Waals surface area contributed by atoms with Crippen molar-refractivity contribution in [3.63, 3.8) is 0 Å². The van der Waals surface area contributed by atoms with Crippen LogP contribution in [0.25, 0.3) is 0 Å². The van der Waals surface area contributed by atoms with E-state index in [1.165, 1.54) is 11.1 Å². The lowest BCUT2D eigenvalue weighted by Crippen LogP contribution is -2.07. The second-order valence-corrected chi connectivity index (χ2v) is 5.27. The van der Waals surface area contributed by atoms with Gasteiger partial charge in [-0.15, -0.1) is 0 Å². The minimum absolute atomic E-state index is 0.295. The Labute approximate surface area is 107 Å². The lowest BCUT2D eigenvalue weighted by Gasteiger charge is -2.14. The van der Waals surface area contributed by atoms with Gasteiger partial charge in [0.1, 0.15) is 0 Å². The smallest absolute Gasteiger partial charge is 0.163 e. The quantitative estimate of drug-likeness (QED) is 0.429. The minimum Gasteiger partial charge on any atom is -0.558 e. The van der Waals surface area contributed by atoms with Crippen molar-refractivity contribution in [2.45, 2.75) is 47.0 Å². The summed E-state index contributed by atoms with van der Waals surface area (Å²) in [6.45, 7) is 8.30. The molecular weight excluding hydrogens is 227 g/mol. The molecule has 1 nitrogen and oxygen atoms in total. The lowest BCUT2D eigenvalue weighted by molar-refractivity contribution is 0.0978. The van der Waals surface area contributed by atoms with E-state index in [0.717, 1.165) is 35.7 Å². The predicted octanol–water partition coefficient (Wildman–Crippen LogP) is 4.42. The van der Waals surface area contributed by atoms with Crippen molar-refractivity contribution >= 4 is 15.0 Å². The van der Waals surface area contributed by atoms with E-state index >= 15 is 0 Å². The zero-order valence-electron chi connectivity index (χ0n) is 11.3. The Morgan fingerprint density at radius 2 is 1.71 bits per heavy atom. The molecule has 0 radical (unpaired) electrons. The Hall–Kier alpha value is -0.680. The van der Waals surface area contributed by atoms with Crippen LogP contribution in [0.5, 0.6) is 0 Å². The molecular formula is C15H22OP-. The van der Waals surface area contributed by atoms with Gasteiger partial charge in [0.2, 0.25) is 0 Å². The summed E-state index contributed by atoms with van der Waals surface area (Å²) in [4.78, 5) is 12.2. The van der Waals surface area contributed by atoms with Gasteiger partial charge in [-0.2, -0.15) is 6.16 Å². The normalized spacial score (nSPS) is 10.6. The number of hydrogen-bond donors (Lipinski definition) is 0. The first-order valence-electron chi connectivity index (χ1n) is 6.24. The molecule has 0 saturated heterocycles. The summed E-state index contributed by atoms with van der Waals surface area (Å²) >= 11 is 0. The van der Waals surface area contributed by atoms with Crippen LogP contribution >= 0.6 is 9.24 Å². The van der Waals surface area contributed by atoms with Crippen LogP contribution in [0.3, 0.4) is 0 Å². The van der Waals surface area contributed by atoms with Crippen molar-refractivity contribution < 1.29 is 4.79 Å². The van der Waals surface area contributed by atoms with Gasteiger partial charge >= 0.3 is 0 Å². The van der Waals surface area contributed by atoms with E-state index in [2.05, 4.69) is 36.1 Å². The first-order chi connectivity index (χ1) is 7.99. The molecule has 0 unspecified atom stereocenters. The zero-order chi connectivity index (χ0) is 13.0. The summed E-state index contributed by atoms with van der Waals surface area (Å²) in [7, 11) is 3.44. The molecule has 0 heterocycles. The summed E-state index contributed by atoms with van der Waals surface area (Å²) in [6.07, 6.45) is 3.66. The highest BCUT2D eigenvalue weighted by Gasteiger charge is 2.14.